The molecule has 0 saturated heterocycles. The molecule has 0 radical (unpaired) electrons. The van der Waals surface area contributed by atoms with Gasteiger partial charge in [0.05, 0.1) is 12.1 Å². The molecule has 0 aliphatic carbocycles. The zero-order valence-corrected chi connectivity index (χ0v) is 16.0. The average Bonchev–Trinajstić information content (AvgIpc) is 3.13. The first-order valence-corrected chi connectivity index (χ1v) is 9.50. The molecule has 0 saturated carbocycles. The molecular weight excluding hydrogens is 362 g/mol. The van der Waals surface area contributed by atoms with Gasteiger partial charge in [0.1, 0.15) is 11.6 Å². The van der Waals surface area contributed by atoms with E-state index in [0.717, 1.165) is 20.9 Å². The number of hydrogen-bond donors (Lipinski definition) is 0. The Balaban J connectivity index is 1.62. The van der Waals surface area contributed by atoms with Gasteiger partial charge in [0.2, 0.25) is 0 Å². The van der Waals surface area contributed by atoms with E-state index >= 15 is 0 Å². The molecule has 138 valence electrons. The summed E-state index contributed by atoms with van der Waals surface area (Å²) >= 11 is 1.59. The van der Waals surface area contributed by atoms with Crippen molar-refractivity contribution in [3.63, 3.8) is 0 Å². The quantitative estimate of drug-likeness (QED) is 0.442. The molecule has 3 rings (SSSR count). The predicted octanol–water partition coefficient (Wildman–Crippen LogP) is 6.39. The van der Waals surface area contributed by atoms with Gasteiger partial charge < -0.3 is 0 Å². The molecule has 0 fully saturated rings. The SMILES string of the molecule is C[C@@H](N=Cc1ccc(C=N[C@H](C)c2ccc(F)cc2)s1)c1ccc(F)cc1. The van der Waals surface area contributed by atoms with Crippen LogP contribution in [-0.4, -0.2) is 12.4 Å². The molecular formula is C22H20F2N2S. The normalized spacial score (nSPS) is 14.1. The van der Waals surface area contributed by atoms with Crippen LogP contribution < -0.4 is 0 Å². The number of halogens is 2. The van der Waals surface area contributed by atoms with Crippen molar-refractivity contribution in [2.24, 2.45) is 9.98 Å². The zero-order valence-electron chi connectivity index (χ0n) is 15.1. The Kier molecular flexibility index (Phi) is 6.24. The summed E-state index contributed by atoms with van der Waals surface area (Å²) < 4.78 is 26.0. The van der Waals surface area contributed by atoms with Crippen LogP contribution in [0.4, 0.5) is 8.78 Å². The summed E-state index contributed by atoms with van der Waals surface area (Å²) in [6, 6.07) is 16.7. The Morgan fingerprint density at radius 3 is 1.41 bits per heavy atom. The van der Waals surface area contributed by atoms with E-state index < -0.39 is 0 Å². The van der Waals surface area contributed by atoms with Crippen molar-refractivity contribution in [3.05, 3.63) is 93.2 Å². The van der Waals surface area contributed by atoms with E-state index in [2.05, 4.69) is 9.98 Å². The number of rotatable bonds is 6. The molecule has 0 aliphatic heterocycles. The topological polar surface area (TPSA) is 24.7 Å². The highest BCUT2D eigenvalue weighted by molar-refractivity contribution is 7.15. The third-order valence-corrected chi connectivity index (χ3v) is 5.16. The highest BCUT2D eigenvalue weighted by Crippen LogP contribution is 2.20. The highest BCUT2D eigenvalue weighted by Gasteiger charge is 2.04. The van der Waals surface area contributed by atoms with Crippen molar-refractivity contribution in [1.82, 2.24) is 0 Å². The number of nitrogens with zero attached hydrogens (tertiary/aromatic N) is 2. The van der Waals surface area contributed by atoms with Crippen molar-refractivity contribution >= 4 is 23.8 Å². The fourth-order valence-electron chi connectivity index (χ4n) is 2.53. The van der Waals surface area contributed by atoms with Crippen LogP contribution in [0, 0.1) is 11.6 Å². The van der Waals surface area contributed by atoms with E-state index in [1.807, 2.05) is 38.4 Å². The standard InChI is InChI=1S/C22H20F2N2S/c1-15(17-3-7-19(23)8-4-17)25-13-21-11-12-22(27-21)14-26-16(2)18-5-9-20(24)10-6-18/h3-16H,1-2H3/t15-,16-/m1/s1. The lowest BCUT2D eigenvalue weighted by Gasteiger charge is -2.05. The van der Waals surface area contributed by atoms with Gasteiger partial charge in [-0.15, -0.1) is 11.3 Å². The average molecular weight is 382 g/mol. The van der Waals surface area contributed by atoms with Crippen molar-refractivity contribution in [1.29, 1.82) is 0 Å². The second-order valence-electron chi connectivity index (χ2n) is 6.25. The van der Waals surface area contributed by atoms with Gasteiger partial charge in [-0.2, -0.15) is 0 Å². The van der Waals surface area contributed by atoms with Gasteiger partial charge in [0.25, 0.3) is 0 Å². The second kappa shape index (κ2) is 8.82. The van der Waals surface area contributed by atoms with Gasteiger partial charge in [0, 0.05) is 22.2 Å². The van der Waals surface area contributed by atoms with E-state index in [1.165, 1.54) is 24.3 Å². The Hall–Kier alpha value is -2.66. The van der Waals surface area contributed by atoms with Crippen LogP contribution in [0.1, 0.15) is 46.8 Å². The minimum atomic E-state index is -0.244. The molecule has 0 amide bonds. The maximum absolute atomic E-state index is 13.0. The third-order valence-electron chi connectivity index (χ3n) is 4.20. The Bertz CT molecular complexity index is 852. The molecule has 0 N–H and O–H groups in total. The highest BCUT2D eigenvalue weighted by atomic mass is 32.1. The second-order valence-corrected chi connectivity index (χ2v) is 7.40. The molecule has 2 aromatic carbocycles. The summed E-state index contributed by atoms with van der Waals surface area (Å²) in [5.41, 5.74) is 1.94. The van der Waals surface area contributed by atoms with Gasteiger partial charge in [-0.1, -0.05) is 24.3 Å². The summed E-state index contributed by atoms with van der Waals surface area (Å²) in [6.45, 7) is 3.95. The van der Waals surface area contributed by atoms with Gasteiger partial charge in [-0.05, 0) is 61.4 Å². The lowest BCUT2D eigenvalue weighted by molar-refractivity contribution is 0.625. The first-order valence-electron chi connectivity index (χ1n) is 8.68. The Labute approximate surface area is 161 Å². The van der Waals surface area contributed by atoms with Crippen molar-refractivity contribution in [2.75, 3.05) is 0 Å². The number of hydrogen-bond acceptors (Lipinski definition) is 3. The molecule has 1 aromatic heterocycles. The van der Waals surface area contributed by atoms with E-state index in [1.54, 1.807) is 35.6 Å². The van der Waals surface area contributed by atoms with Crippen LogP contribution in [-0.2, 0) is 0 Å². The number of benzene rings is 2. The maximum atomic E-state index is 13.0. The zero-order chi connectivity index (χ0) is 19.2. The van der Waals surface area contributed by atoms with Gasteiger partial charge in [-0.25, -0.2) is 8.78 Å². The minimum Gasteiger partial charge on any atom is -0.284 e. The first kappa shape index (κ1) is 19.1. The fraction of sp³-hybridized carbons (Fsp3) is 0.182. The van der Waals surface area contributed by atoms with E-state index in [0.29, 0.717) is 0 Å². The van der Waals surface area contributed by atoms with E-state index in [9.17, 15) is 8.78 Å². The summed E-state index contributed by atoms with van der Waals surface area (Å²) in [5.74, 6) is -0.487. The van der Waals surface area contributed by atoms with Crippen LogP contribution in [0.25, 0.3) is 0 Å². The van der Waals surface area contributed by atoms with E-state index in [-0.39, 0.29) is 23.7 Å². The van der Waals surface area contributed by atoms with Crippen molar-refractivity contribution in [3.8, 4) is 0 Å². The van der Waals surface area contributed by atoms with Crippen LogP contribution in [0.2, 0.25) is 0 Å². The molecule has 5 heteroatoms. The molecule has 2 nitrogen and oxygen atoms in total. The molecule has 1 heterocycles. The molecule has 0 unspecified atom stereocenters. The lowest BCUT2D eigenvalue weighted by Crippen LogP contribution is -1.90. The van der Waals surface area contributed by atoms with Crippen LogP contribution in [0.15, 0.2) is 70.6 Å². The monoisotopic (exact) mass is 382 g/mol. The molecule has 2 atom stereocenters. The van der Waals surface area contributed by atoms with E-state index in [4.69, 9.17) is 0 Å². The summed E-state index contributed by atoms with van der Waals surface area (Å²) in [7, 11) is 0. The third kappa shape index (κ3) is 5.41. The van der Waals surface area contributed by atoms with Gasteiger partial charge in [-0.3, -0.25) is 9.98 Å². The Morgan fingerprint density at radius 2 is 1.04 bits per heavy atom. The Morgan fingerprint density at radius 1 is 0.667 bits per heavy atom. The summed E-state index contributed by atoms with van der Waals surface area (Å²) in [6.07, 6.45) is 3.67. The smallest absolute Gasteiger partial charge is 0.123 e. The number of aliphatic imine (C=N–C) groups is 2. The molecule has 0 bridgehead atoms. The predicted molar refractivity (Wildman–Crippen MR) is 109 cm³/mol. The summed E-state index contributed by atoms with van der Waals surface area (Å²) in [5, 5.41) is 0. The van der Waals surface area contributed by atoms with Crippen LogP contribution in [0.5, 0.6) is 0 Å². The van der Waals surface area contributed by atoms with Crippen LogP contribution >= 0.6 is 11.3 Å². The summed E-state index contributed by atoms with van der Waals surface area (Å²) in [4.78, 5) is 11.1. The fourth-order valence-corrected chi connectivity index (χ4v) is 3.30. The van der Waals surface area contributed by atoms with Crippen LogP contribution in [0.3, 0.4) is 0 Å². The number of thiophene rings is 1. The van der Waals surface area contributed by atoms with Gasteiger partial charge >= 0.3 is 0 Å². The van der Waals surface area contributed by atoms with Crippen molar-refractivity contribution in [2.45, 2.75) is 25.9 Å². The first-order chi connectivity index (χ1) is 13.0. The largest absolute Gasteiger partial charge is 0.284 e. The lowest BCUT2D eigenvalue weighted by atomic mass is 10.1. The molecule has 3 aromatic rings. The minimum absolute atomic E-state index is 0.0386. The molecule has 0 spiro atoms. The molecule has 27 heavy (non-hydrogen) atoms. The molecule has 0 aliphatic rings. The van der Waals surface area contributed by atoms with Gasteiger partial charge in [0.15, 0.2) is 0 Å². The maximum Gasteiger partial charge on any atom is 0.123 e. The van der Waals surface area contributed by atoms with Crippen molar-refractivity contribution < 1.29 is 8.78 Å².